The highest BCUT2D eigenvalue weighted by Crippen LogP contribution is 2.28. The van der Waals surface area contributed by atoms with E-state index < -0.39 is 0 Å². The largest absolute Gasteiger partial charge is 0.248 e. The van der Waals surface area contributed by atoms with Crippen LogP contribution in [0.1, 0.15) is 5.56 Å². The zero-order valence-electron chi connectivity index (χ0n) is 8.22. The highest BCUT2D eigenvalue weighted by molar-refractivity contribution is 7.99. The van der Waals surface area contributed by atoms with E-state index in [0.29, 0.717) is 10.6 Å². The lowest BCUT2D eigenvalue weighted by atomic mass is 10.3. The second-order valence-electron chi connectivity index (χ2n) is 3.03. The summed E-state index contributed by atoms with van der Waals surface area (Å²) >= 11 is 1.28. The second-order valence-corrected chi connectivity index (χ2v) is 4.09. The molecule has 4 heteroatoms. The highest BCUT2D eigenvalue weighted by Gasteiger charge is 2.05. The highest BCUT2D eigenvalue weighted by atomic mass is 32.2. The summed E-state index contributed by atoms with van der Waals surface area (Å²) in [5, 5.41) is 9.47. The molecule has 0 saturated carbocycles. The molecule has 0 amide bonds. The lowest BCUT2D eigenvalue weighted by Gasteiger charge is -2.02. The normalized spacial score (nSPS) is 9.75. The molecule has 0 aliphatic rings. The van der Waals surface area contributed by atoms with Crippen molar-refractivity contribution in [2.24, 2.45) is 0 Å². The van der Waals surface area contributed by atoms with E-state index in [1.165, 1.54) is 23.9 Å². The Hall–Kier alpha value is -1.86. The molecule has 0 N–H and O–H groups in total. The lowest BCUT2D eigenvalue weighted by molar-refractivity contribution is 0.624. The number of hydrogen-bond donors (Lipinski definition) is 0. The lowest BCUT2D eigenvalue weighted by Crippen LogP contribution is -1.85. The van der Waals surface area contributed by atoms with Gasteiger partial charge in [0.05, 0.1) is 5.56 Å². The zero-order valence-corrected chi connectivity index (χ0v) is 9.04. The van der Waals surface area contributed by atoms with Crippen molar-refractivity contribution in [2.45, 2.75) is 9.92 Å². The minimum Gasteiger partial charge on any atom is -0.248 e. The Morgan fingerprint density at radius 2 is 2.12 bits per heavy atom. The van der Waals surface area contributed by atoms with Gasteiger partial charge < -0.3 is 0 Å². The third kappa shape index (κ3) is 2.38. The van der Waals surface area contributed by atoms with E-state index in [2.05, 4.69) is 11.1 Å². The second kappa shape index (κ2) is 4.77. The number of benzene rings is 1. The third-order valence-corrected chi connectivity index (χ3v) is 2.91. The van der Waals surface area contributed by atoms with E-state index in [1.54, 1.807) is 30.5 Å². The van der Waals surface area contributed by atoms with Gasteiger partial charge in [-0.25, -0.2) is 9.37 Å². The van der Waals surface area contributed by atoms with E-state index in [1.807, 2.05) is 0 Å². The summed E-state index contributed by atoms with van der Waals surface area (Å²) in [5.41, 5.74) is 0.497. The fourth-order valence-corrected chi connectivity index (χ4v) is 2.08. The average Bonchev–Trinajstić information content (AvgIpc) is 2.30. The minimum absolute atomic E-state index is 0.292. The van der Waals surface area contributed by atoms with E-state index in [0.717, 1.165) is 4.90 Å². The molecule has 0 radical (unpaired) electrons. The number of rotatable bonds is 2. The Kier molecular flexibility index (Phi) is 3.18. The van der Waals surface area contributed by atoms with Gasteiger partial charge in [0, 0.05) is 11.1 Å². The molecular weight excluding hydrogens is 223 g/mol. The fourth-order valence-electron chi connectivity index (χ4n) is 1.20. The van der Waals surface area contributed by atoms with E-state index >= 15 is 0 Å². The van der Waals surface area contributed by atoms with Crippen LogP contribution in [-0.4, -0.2) is 4.98 Å². The van der Waals surface area contributed by atoms with Crippen LogP contribution in [0, 0.1) is 17.1 Å². The Morgan fingerprint density at radius 1 is 1.25 bits per heavy atom. The molecule has 78 valence electrons. The van der Waals surface area contributed by atoms with Gasteiger partial charge >= 0.3 is 0 Å². The van der Waals surface area contributed by atoms with Crippen molar-refractivity contribution in [3.8, 4) is 6.07 Å². The molecule has 0 spiro atoms. The van der Waals surface area contributed by atoms with Gasteiger partial charge in [0.25, 0.3) is 0 Å². The summed E-state index contributed by atoms with van der Waals surface area (Å²) in [6.45, 7) is 0. The summed E-state index contributed by atoms with van der Waals surface area (Å²) in [6, 6.07) is 11.7. The Morgan fingerprint density at radius 3 is 2.88 bits per heavy atom. The molecule has 1 heterocycles. The van der Waals surface area contributed by atoms with E-state index in [4.69, 9.17) is 5.26 Å². The van der Waals surface area contributed by atoms with Crippen molar-refractivity contribution >= 4 is 11.8 Å². The predicted octanol–water partition coefficient (Wildman–Crippen LogP) is 3.24. The topological polar surface area (TPSA) is 36.7 Å². The van der Waals surface area contributed by atoms with Gasteiger partial charge in [-0.3, -0.25) is 0 Å². The van der Waals surface area contributed by atoms with Crippen molar-refractivity contribution in [1.29, 1.82) is 5.26 Å². The molecule has 2 rings (SSSR count). The van der Waals surface area contributed by atoms with Gasteiger partial charge in [-0.05, 0) is 30.3 Å². The molecule has 2 nitrogen and oxygen atoms in total. The van der Waals surface area contributed by atoms with Crippen LogP contribution < -0.4 is 0 Å². The molecule has 0 saturated heterocycles. The molecule has 1 aromatic heterocycles. The first-order valence-corrected chi connectivity index (χ1v) is 5.40. The van der Waals surface area contributed by atoms with Gasteiger partial charge in [0.15, 0.2) is 0 Å². The molecule has 0 atom stereocenters. The summed E-state index contributed by atoms with van der Waals surface area (Å²) < 4.78 is 13.0. The summed E-state index contributed by atoms with van der Waals surface area (Å²) in [4.78, 5) is 4.82. The van der Waals surface area contributed by atoms with Gasteiger partial charge in [0.1, 0.15) is 16.9 Å². The molecule has 0 aliphatic carbocycles. The van der Waals surface area contributed by atoms with Crippen LogP contribution in [0.3, 0.4) is 0 Å². The van der Waals surface area contributed by atoms with Crippen molar-refractivity contribution in [1.82, 2.24) is 4.98 Å². The van der Waals surface area contributed by atoms with Gasteiger partial charge in [-0.1, -0.05) is 17.8 Å². The Bertz CT molecular complexity index is 549. The van der Waals surface area contributed by atoms with Crippen LogP contribution in [0.5, 0.6) is 0 Å². The van der Waals surface area contributed by atoms with Gasteiger partial charge in [-0.2, -0.15) is 5.26 Å². The fraction of sp³-hybridized carbons (Fsp3) is 0. The minimum atomic E-state index is -0.292. The van der Waals surface area contributed by atoms with Crippen molar-refractivity contribution in [3.05, 3.63) is 54.0 Å². The summed E-state index contributed by atoms with van der Waals surface area (Å²) in [6.07, 6.45) is 1.61. The number of aromatic nitrogens is 1. The standard InChI is InChI=1S/C12H7FN2S/c13-10-4-1-5-11(7-10)16-12-9(8-14)3-2-6-15-12/h1-7H. The molecule has 0 aliphatic heterocycles. The van der Waals surface area contributed by atoms with Gasteiger partial charge in [-0.15, -0.1) is 0 Å². The first-order valence-electron chi connectivity index (χ1n) is 4.58. The van der Waals surface area contributed by atoms with Crippen molar-refractivity contribution in [2.75, 3.05) is 0 Å². The number of hydrogen-bond acceptors (Lipinski definition) is 3. The first-order chi connectivity index (χ1) is 7.79. The molecule has 1 aromatic carbocycles. The number of halogens is 1. The molecule has 2 aromatic rings. The molecular formula is C12H7FN2S. The van der Waals surface area contributed by atoms with E-state index in [9.17, 15) is 4.39 Å². The molecule has 0 fully saturated rings. The van der Waals surface area contributed by atoms with Crippen LogP contribution in [0.15, 0.2) is 52.5 Å². The molecule has 16 heavy (non-hydrogen) atoms. The predicted molar refractivity (Wildman–Crippen MR) is 59.5 cm³/mol. The van der Waals surface area contributed by atoms with Crippen molar-refractivity contribution < 1.29 is 4.39 Å². The maximum atomic E-state index is 13.0. The Labute approximate surface area is 96.8 Å². The third-order valence-electron chi connectivity index (χ3n) is 1.90. The van der Waals surface area contributed by atoms with Crippen LogP contribution in [-0.2, 0) is 0 Å². The smallest absolute Gasteiger partial charge is 0.124 e. The quantitative estimate of drug-likeness (QED) is 0.794. The molecule has 0 unspecified atom stereocenters. The number of nitrogens with zero attached hydrogens (tertiary/aromatic N) is 2. The van der Waals surface area contributed by atoms with E-state index in [-0.39, 0.29) is 5.82 Å². The van der Waals surface area contributed by atoms with Crippen molar-refractivity contribution in [3.63, 3.8) is 0 Å². The van der Waals surface area contributed by atoms with Crippen LogP contribution >= 0.6 is 11.8 Å². The van der Waals surface area contributed by atoms with Crippen LogP contribution in [0.4, 0.5) is 4.39 Å². The maximum Gasteiger partial charge on any atom is 0.124 e. The van der Waals surface area contributed by atoms with Crippen LogP contribution in [0.25, 0.3) is 0 Å². The maximum absolute atomic E-state index is 13.0. The zero-order chi connectivity index (χ0) is 11.4. The number of pyridine rings is 1. The summed E-state index contributed by atoms with van der Waals surface area (Å²) in [5.74, 6) is -0.292. The van der Waals surface area contributed by atoms with Crippen LogP contribution in [0.2, 0.25) is 0 Å². The average molecular weight is 230 g/mol. The monoisotopic (exact) mass is 230 g/mol. The SMILES string of the molecule is N#Cc1cccnc1Sc1cccc(F)c1. The summed E-state index contributed by atoms with van der Waals surface area (Å²) in [7, 11) is 0. The molecule has 0 bridgehead atoms. The first kappa shape index (κ1) is 10.7. The van der Waals surface area contributed by atoms with Gasteiger partial charge in [0.2, 0.25) is 0 Å². The number of nitriles is 1. The Balaban J connectivity index is 2.31.